The minimum atomic E-state index is -0.324. The van der Waals surface area contributed by atoms with Crippen molar-refractivity contribution in [2.24, 2.45) is 7.05 Å². The highest BCUT2D eigenvalue weighted by Crippen LogP contribution is 2.22. The number of hydrogen-bond donors (Lipinski definition) is 1. The molecule has 0 fully saturated rings. The first-order valence-corrected chi connectivity index (χ1v) is 9.28. The van der Waals surface area contributed by atoms with E-state index in [1.165, 1.54) is 4.40 Å². The van der Waals surface area contributed by atoms with E-state index in [4.69, 9.17) is 16.3 Å². The Kier molecular flexibility index (Phi) is 4.71. The van der Waals surface area contributed by atoms with Gasteiger partial charge in [0.1, 0.15) is 23.5 Å². The summed E-state index contributed by atoms with van der Waals surface area (Å²) in [5, 5.41) is 15.2. The van der Waals surface area contributed by atoms with Gasteiger partial charge in [-0.2, -0.15) is 14.1 Å². The molecule has 4 aromatic heterocycles. The lowest BCUT2D eigenvalue weighted by molar-refractivity contribution is -0.672. The Labute approximate surface area is 171 Å². The second-order valence-electron chi connectivity index (χ2n) is 6.77. The average Bonchev–Trinajstić information content (AvgIpc) is 3.02. The van der Waals surface area contributed by atoms with Crippen LogP contribution in [0.2, 0.25) is 5.15 Å². The Morgan fingerprint density at radius 1 is 1.24 bits per heavy atom. The highest BCUT2D eigenvalue weighted by atomic mass is 35.5. The summed E-state index contributed by atoms with van der Waals surface area (Å²) < 4.78 is 10.6. The maximum absolute atomic E-state index is 12.8. The number of aromatic hydroxyl groups is 1. The minimum absolute atomic E-state index is 0.0964. The lowest BCUT2D eigenvalue weighted by Gasteiger charge is -2.10. The Balaban J connectivity index is 1.81. The molecular weight excluding hydrogens is 394 g/mol. The summed E-state index contributed by atoms with van der Waals surface area (Å²) in [6.45, 7) is 3.78. The maximum Gasteiger partial charge on any atom is 0.349 e. The largest absolute Gasteiger partial charge is 0.477 e. The molecule has 0 atom stereocenters. The molecule has 148 valence electrons. The zero-order valence-corrected chi connectivity index (χ0v) is 16.9. The molecule has 8 nitrogen and oxygen atoms in total. The molecular formula is C20H19ClN5O3+. The lowest BCUT2D eigenvalue weighted by Crippen LogP contribution is -2.41. The molecule has 4 rings (SSSR count). The zero-order chi connectivity index (χ0) is 20.7. The van der Waals surface area contributed by atoms with Gasteiger partial charge in [-0.25, -0.2) is 14.5 Å². The van der Waals surface area contributed by atoms with Crippen LogP contribution in [0.1, 0.15) is 16.8 Å². The molecule has 0 aliphatic heterocycles. The van der Waals surface area contributed by atoms with E-state index in [2.05, 4.69) is 10.1 Å². The summed E-state index contributed by atoms with van der Waals surface area (Å²) in [5.41, 5.74) is 2.09. The molecule has 29 heavy (non-hydrogen) atoms. The van der Waals surface area contributed by atoms with Crippen LogP contribution < -0.4 is 14.9 Å². The van der Waals surface area contributed by atoms with Gasteiger partial charge in [-0.15, -0.1) is 0 Å². The van der Waals surface area contributed by atoms with Gasteiger partial charge in [0.15, 0.2) is 5.75 Å². The summed E-state index contributed by atoms with van der Waals surface area (Å²) in [6.07, 6.45) is 3.23. The number of ether oxygens (including phenoxy) is 1. The van der Waals surface area contributed by atoms with Crippen molar-refractivity contribution in [3.63, 3.8) is 0 Å². The van der Waals surface area contributed by atoms with Gasteiger partial charge < -0.3 is 9.84 Å². The van der Waals surface area contributed by atoms with Crippen molar-refractivity contribution >= 4 is 17.2 Å². The molecule has 4 heterocycles. The molecule has 0 aliphatic rings. The van der Waals surface area contributed by atoms with E-state index in [-0.39, 0.29) is 17.0 Å². The number of fused-ring (bicyclic) bond motifs is 1. The third-order valence-electron chi connectivity index (χ3n) is 4.62. The number of rotatable bonds is 4. The van der Waals surface area contributed by atoms with Crippen LogP contribution >= 0.6 is 11.6 Å². The van der Waals surface area contributed by atoms with Crippen LogP contribution in [-0.2, 0) is 13.6 Å². The highest BCUT2D eigenvalue weighted by Gasteiger charge is 2.22. The number of halogens is 1. The van der Waals surface area contributed by atoms with Crippen LogP contribution in [0.5, 0.6) is 17.5 Å². The van der Waals surface area contributed by atoms with Crippen molar-refractivity contribution < 1.29 is 14.4 Å². The van der Waals surface area contributed by atoms with Crippen LogP contribution in [-0.4, -0.2) is 24.3 Å². The highest BCUT2D eigenvalue weighted by molar-refractivity contribution is 6.29. The molecule has 0 aliphatic carbocycles. The van der Waals surface area contributed by atoms with Gasteiger partial charge in [0.25, 0.3) is 11.5 Å². The number of hydrogen-bond acceptors (Lipinski definition) is 5. The predicted molar refractivity (Wildman–Crippen MR) is 107 cm³/mol. The monoisotopic (exact) mass is 412 g/mol. The fourth-order valence-corrected chi connectivity index (χ4v) is 3.26. The van der Waals surface area contributed by atoms with E-state index in [1.54, 1.807) is 53.8 Å². The van der Waals surface area contributed by atoms with Crippen molar-refractivity contribution in [1.29, 1.82) is 0 Å². The molecule has 0 radical (unpaired) electrons. The lowest BCUT2D eigenvalue weighted by atomic mass is 10.2. The Morgan fingerprint density at radius 2 is 2.03 bits per heavy atom. The predicted octanol–water partition coefficient (Wildman–Crippen LogP) is 2.53. The molecule has 0 saturated carbocycles. The van der Waals surface area contributed by atoms with Gasteiger partial charge in [0, 0.05) is 30.9 Å². The minimum Gasteiger partial charge on any atom is -0.477 e. The first-order valence-electron chi connectivity index (χ1n) is 8.90. The first kappa shape index (κ1) is 18.9. The third-order valence-corrected chi connectivity index (χ3v) is 4.84. The number of pyridine rings is 2. The smallest absolute Gasteiger partial charge is 0.349 e. The summed E-state index contributed by atoms with van der Waals surface area (Å²) in [7, 11) is 1.78. The van der Waals surface area contributed by atoms with E-state index < -0.39 is 0 Å². The molecule has 4 aromatic rings. The second kappa shape index (κ2) is 7.21. The van der Waals surface area contributed by atoms with Crippen molar-refractivity contribution in [2.75, 3.05) is 0 Å². The van der Waals surface area contributed by atoms with Gasteiger partial charge in [0.05, 0.1) is 5.69 Å². The van der Waals surface area contributed by atoms with E-state index in [9.17, 15) is 9.90 Å². The third kappa shape index (κ3) is 3.54. The SMILES string of the molecule is Cc1cc(Oc2ccc3n(c2)c(=O)c(C)c(O)[n+]3Cc2ccc(Cl)nc2)n(C)n1. The fourth-order valence-electron chi connectivity index (χ4n) is 3.15. The normalized spacial score (nSPS) is 11.2. The van der Waals surface area contributed by atoms with Crippen molar-refractivity contribution in [1.82, 2.24) is 19.2 Å². The fraction of sp³-hybridized carbons (Fsp3) is 0.200. The molecule has 0 aromatic carbocycles. The molecule has 0 amide bonds. The van der Waals surface area contributed by atoms with Crippen molar-refractivity contribution in [3.8, 4) is 17.5 Å². The van der Waals surface area contributed by atoms with Gasteiger partial charge >= 0.3 is 5.56 Å². The van der Waals surface area contributed by atoms with Crippen LogP contribution in [0.3, 0.4) is 0 Å². The zero-order valence-electron chi connectivity index (χ0n) is 16.1. The second-order valence-corrected chi connectivity index (χ2v) is 7.16. The molecule has 9 heteroatoms. The van der Waals surface area contributed by atoms with E-state index in [0.717, 1.165) is 11.3 Å². The van der Waals surface area contributed by atoms with Crippen LogP contribution in [0.4, 0.5) is 0 Å². The van der Waals surface area contributed by atoms with Crippen LogP contribution in [0, 0.1) is 13.8 Å². The summed E-state index contributed by atoms with van der Waals surface area (Å²) in [5.74, 6) is 0.943. The summed E-state index contributed by atoms with van der Waals surface area (Å²) in [4.78, 5) is 16.8. The molecule has 0 unspecified atom stereocenters. The Bertz CT molecular complexity index is 1280. The topological polar surface area (TPSA) is 85.5 Å². The number of nitrogens with zero attached hydrogens (tertiary/aromatic N) is 5. The van der Waals surface area contributed by atoms with Crippen LogP contribution in [0.25, 0.3) is 5.65 Å². The quantitative estimate of drug-likeness (QED) is 0.411. The Morgan fingerprint density at radius 3 is 2.69 bits per heavy atom. The summed E-state index contributed by atoms with van der Waals surface area (Å²) >= 11 is 5.85. The van der Waals surface area contributed by atoms with Gasteiger partial charge in [0.2, 0.25) is 5.88 Å². The standard InChI is InChI=1S/C20H18ClN5O3/c1-12-8-18(24(3)23-12)29-15-5-7-17-25(10-14-4-6-16(21)22-9-14)19(27)13(2)20(28)26(17)11-15/h4-9,11H,10H2,1-3H3/p+1. The van der Waals surface area contributed by atoms with Crippen molar-refractivity contribution in [2.45, 2.75) is 20.4 Å². The molecule has 0 bridgehead atoms. The number of aryl methyl sites for hydroxylation is 2. The summed E-state index contributed by atoms with van der Waals surface area (Å²) in [6, 6.07) is 8.77. The van der Waals surface area contributed by atoms with E-state index >= 15 is 0 Å². The average molecular weight is 413 g/mol. The van der Waals surface area contributed by atoms with Crippen LogP contribution in [0.15, 0.2) is 47.5 Å². The maximum atomic E-state index is 12.8. The molecule has 1 N–H and O–H groups in total. The van der Waals surface area contributed by atoms with Gasteiger partial charge in [-0.3, -0.25) is 0 Å². The van der Waals surface area contributed by atoms with Gasteiger partial charge in [-0.05, 0) is 26.0 Å². The Hall–Kier alpha value is -3.39. The molecule has 0 saturated heterocycles. The van der Waals surface area contributed by atoms with Crippen molar-refractivity contribution in [3.05, 3.63) is 75.1 Å². The number of aromatic nitrogens is 5. The molecule has 0 spiro atoms. The van der Waals surface area contributed by atoms with Gasteiger partial charge in [-0.1, -0.05) is 17.7 Å². The van der Waals surface area contributed by atoms with E-state index in [0.29, 0.717) is 29.0 Å². The first-order chi connectivity index (χ1) is 13.8. The van der Waals surface area contributed by atoms with E-state index in [1.807, 2.05) is 19.1 Å².